The minimum Gasteiger partial charge on any atom is -0.367 e. The largest absolute Gasteiger partial charge is 0.367 e. The molecule has 5 aromatic rings. The molecule has 0 saturated heterocycles. The zero-order valence-corrected chi connectivity index (χ0v) is 19.7. The number of nitrogens with one attached hydrogen (secondary N) is 1. The van der Waals surface area contributed by atoms with Gasteiger partial charge in [0.15, 0.2) is 5.69 Å². The molecule has 3 aromatic carbocycles. The van der Waals surface area contributed by atoms with Crippen LogP contribution in [-0.2, 0) is 13.0 Å². The van der Waals surface area contributed by atoms with Crippen LogP contribution in [0.25, 0.3) is 16.5 Å². The van der Waals surface area contributed by atoms with Crippen molar-refractivity contribution in [3.05, 3.63) is 117 Å². The van der Waals surface area contributed by atoms with E-state index in [0.29, 0.717) is 22.1 Å². The van der Waals surface area contributed by atoms with Crippen LogP contribution in [0.4, 0.5) is 11.4 Å². The molecule has 0 bridgehead atoms. The highest BCUT2D eigenvalue weighted by atomic mass is 32.1. The first-order chi connectivity index (χ1) is 17.2. The Morgan fingerprint density at radius 1 is 0.857 bits per heavy atom. The van der Waals surface area contributed by atoms with Crippen LogP contribution in [0.1, 0.15) is 20.9 Å². The Hall–Kier alpha value is -4.23. The quantitative estimate of drug-likeness (QED) is 0.383. The first-order valence-corrected chi connectivity index (χ1v) is 12.3. The van der Waals surface area contributed by atoms with Crippen LogP contribution in [0.15, 0.2) is 95.1 Å². The van der Waals surface area contributed by atoms with Gasteiger partial charge in [-0.15, -0.1) is 11.3 Å². The van der Waals surface area contributed by atoms with E-state index in [0.717, 1.165) is 25.2 Å². The maximum atomic E-state index is 13.3. The first-order valence-electron chi connectivity index (χ1n) is 11.5. The van der Waals surface area contributed by atoms with Crippen molar-refractivity contribution in [2.75, 3.05) is 16.8 Å². The second kappa shape index (κ2) is 8.85. The standard InChI is InChI=1S/C28H22N4O2S/c33-27(29-20-10-12-21(13-11-20)31-16-14-25-19(18-31)15-17-35-25)26-23-8-4-5-9-24(23)28(34)32(30-26)22-6-2-1-3-7-22/h1-13,15,17H,14,16,18H2,(H,29,33). The minimum absolute atomic E-state index is 0.203. The number of rotatable bonds is 4. The molecule has 35 heavy (non-hydrogen) atoms. The highest BCUT2D eigenvalue weighted by Crippen LogP contribution is 2.28. The number of fused-ring (bicyclic) bond motifs is 2. The number of hydrogen-bond acceptors (Lipinski definition) is 5. The third kappa shape index (κ3) is 4.00. The highest BCUT2D eigenvalue weighted by Gasteiger charge is 2.19. The molecule has 1 N–H and O–H groups in total. The molecule has 7 heteroatoms. The average Bonchev–Trinajstić information content (AvgIpc) is 3.38. The lowest BCUT2D eigenvalue weighted by Crippen LogP contribution is -2.29. The van der Waals surface area contributed by atoms with Crippen molar-refractivity contribution < 1.29 is 4.79 Å². The van der Waals surface area contributed by atoms with Gasteiger partial charge in [0, 0.05) is 34.7 Å². The second-order valence-corrected chi connectivity index (χ2v) is 9.49. The lowest BCUT2D eigenvalue weighted by atomic mass is 10.1. The van der Waals surface area contributed by atoms with Gasteiger partial charge in [-0.1, -0.05) is 36.4 Å². The molecular weight excluding hydrogens is 456 g/mol. The van der Waals surface area contributed by atoms with Gasteiger partial charge in [-0.25, -0.2) is 0 Å². The number of para-hydroxylation sites is 1. The van der Waals surface area contributed by atoms with Crippen molar-refractivity contribution in [3.63, 3.8) is 0 Å². The number of amides is 1. The van der Waals surface area contributed by atoms with Crippen LogP contribution in [0, 0.1) is 0 Å². The Balaban J connectivity index is 1.29. The number of aromatic nitrogens is 2. The molecule has 0 saturated carbocycles. The van der Waals surface area contributed by atoms with Gasteiger partial charge in [0.05, 0.1) is 11.1 Å². The summed E-state index contributed by atoms with van der Waals surface area (Å²) in [5.74, 6) is -0.362. The van der Waals surface area contributed by atoms with E-state index < -0.39 is 0 Å². The van der Waals surface area contributed by atoms with Crippen LogP contribution in [0.3, 0.4) is 0 Å². The summed E-state index contributed by atoms with van der Waals surface area (Å²) in [5.41, 5.74) is 3.75. The van der Waals surface area contributed by atoms with Gasteiger partial charge < -0.3 is 10.2 Å². The molecule has 2 aromatic heterocycles. The van der Waals surface area contributed by atoms with Gasteiger partial charge in [0.25, 0.3) is 11.5 Å². The summed E-state index contributed by atoms with van der Waals surface area (Å²) < 4.78 is 1.29. The van der Waals surface area contributed by atoms with Gasteiger partial charge in [-0.05, 0) is 65.9 Å². The molecule has 6 nitrogen and oxygen atoms in total. The van der Waals surface area contributed by atoms with Crippen molar-refractivity contribution in [1.29, 1.82) is 0 Å². The fourth-order valence-electron chi connectivity index (χ4n) is 4.52. The molecule has 1 amide bonds. The molecule has 3 heterocycles. The summed E-state index contributed by atoms with van der Waals surface area (Å²) in [6.07, 6.45) is 1.06. The molecule has 0 spiro atoms. The summed E-state index contributed by atoms with van der Waals surface area (Å²) in [6.45, 7) is 1.89. The smallest absolute Gasteiger partial charge is 0.279 e. The third-order valence-electron chi connectivity index (χ3n) is 6.32. The summed E-state index contributed by atoms with van der Waals surface area (Å²) in [5, 5.41) is 10.5. The predicted octanol–water partition coefficient (Wildman–Crippen LogP) is 5.26. The van der Waals surface area contributed by atoms with Crippen molar-refractivity contribution in [2.45, 2.75) is 13.0 Å². The Bertz CT molecular complexity index is 1590. The number of carbonyl (C=O) groups excluding carboxylic acids is 1. The van der Waals surface area contributed by atoms with E-state index in [9.17, 15) is 9.59 Å². The summed E-state index contributed by atoms with van der Waals surface area (Å²) in [6, 6.07) is 26.3. The SMILES string of the molecule is O=C(Nc1ccc(N2CCc3sccc3C2)cc1)c1nn(-c2ccccc2)c(=O)c2ccccc12. The molecule has 1 aliphatic heterocycles. The Morgan fingerprint density at radius 3 is 2.40 bits per heavy atom. The van der Waals surface area contributed by atoms with Gasteiger partial charge in [-0.2, -0.15) is 9.78 Å². The Kier molecular flexibility index (Phi) is 5.39. The van der Waals surface area contributed by atoms with Crippen molar-refractivity contribution in [1.82, 2.24) is 9.78 Å². The Morgan fingerprint density at radius 2 is 1.60 bits per heavy atom. The van der Waals surface area contributed by atoms with Gasteiger partial charge >= 0.3 is 0 Å². The van der Waals surface area contributed by atoms with E-state index in [1.165, 1.54) is 15.1 Å². The number of nitrogens with zero attached hydrogens (tertiary/aromatic N) is 3. The van der Waals surface area contributed by atoms with Crippen LogP contribution in [0.5, 0.6) is 0 Å². The third-order valence-corrected chi connectivity index (χ3v) is 7.34. The van der Waals surface area contributed by atoms with E-state index in [1.807, 2.05) is 53.8 Å². The van der Waals surface area contributed by atoms with Crippen LogP contribution in [-0.4, -0.2) is 22.2 Å². The first kappa shape index (κ1) is 21.3. The maximum absolute atomic E-state index is 13.3. The fraction of sp³-hybridized carbons (Fsp3) is 0.107. The van der Waals surface area contributed by atoms with Crippen LogP contribution >= 0.6 is 11.3 Å². The number of hydrogen-bond donors (Lipinski definition) is 1. The Labute approximate surface area is 206 Å². The van der Waals surface area contributed by atoms with E-state index in [-0.39, 0.29) is 17.2 Å². The fourth-order valence-corrected chi connectivity index (χ4v) is 5.41. The van der Waals surface area contributed by atoms with Crippen molar-refractivity contribution in [3.8, 4) is 5.69 Å². The van der Waals surface area contributed by atoms with Gasteiger partial charge in [-0.3, -0.25) is 9.59 Å². The van der Waals surface area contributed by atoms with E-state index >= 15 is 0 Å². The van der Waals surface area contributed by atoms with E-state index in [1.54, 1.807) is 36.4 Å². The van der Waals surface area contributed by atoms with Gasteiger partial charge in [0.1, 0.15) is 0 Å². The zero-order chi connectivity index (χ0) is 23.8. The van der Waals surface area contributed by atoms with Crippen LogP contribution in [0.2, 0.25) is 0 Å². The van der Waals surface area contributed by atoms with Crippen molar-refractivity contribution >= 4 is 39.4 Å². The molecule has 0 unspecified atom stereocenters. The monoisotopic (exact) mass is 478 g/mol. The normalized spacial score (nSPS) is 13.0. The number of benzene rings is 3. The maximum Gasteiger partial charge on any atom is 0.279 e. The van der Waals surface area contributed by atoms with Crippen LogP contribution < -0.4 is 15.8 Å². The van der Waals surface area contributed by atoms with E-state index in [2.05, 4.69) is 26.8 Å². The molecule has 0 fully saturated rings. The number of carbonyl (C=O) groups is 1. The highest BCUT2D eigenvalue weighted by molar-refractivity contribution is 7.10. The molecule has 0 radical (unpaired) electrons. The number of thiophene rings is 1. The number of anilines is 2. The lowest BCUT2D eigenvalue weighted by Gasteiger charge is -2.29. The molecular formula is C28H22N4O2S. The molecule has 1 aliphatic rings. The minimum atomic E-state index is -0.362. The predicted molar refractivity (Wildman–Crippen MR) is 141 cm³/mol. The molecule has 6 rings (SSSR count). The summed E-state index contributed by atoms with van der Waals surface area (Å²) in [7, 11) is 0. The summed E-state index contributed by atoms with van der Waals surface area (Å²) >= 11 is 1.83. The molecule has 172 valence electrons. The zero-order valence-electron chi connectivity index (χ0n) is 18.8. The average molecular weight is 479 g/mol. The summed E-state index contributed by atoms with van der Waals surface area (Å²) in [4.78, 5) is 30.2. The molecule has 0 aliphatic carbocycles. The van der Waals surface area contributed by atoms with Gasteiger partial charge in [0.2, 0.25) is 0 Å². The van der Waals surface area contributed by atoms with E-state index in [4.69, 9.17) is 0 Å². The van der Waals surface area contributed by atoms with Crippen molar-refractivity contribution in [2.24, 2.45) is 0 Å². The molecule has 0 atom stereocenters. The topological polar surface area (TPSA) is 67.2 Å². The second-order valence-electron chi connectivity index (χ2n) is 8.49. The lowest BCUT2D eigenvalue weighted by molar-refractivity contribution is 0.102.